The van der Waals surface area contributed by atoms with Gasteiger partial charge in [-0.1, -0.05) is 35.3 Å². The summed E-state index contributed by atoms with van der Waals surface area (Å²) in [5.41, 5.74) is 2.45. The predicted molar refractivity (Wildman–Crippen MR) is 126 cm³/mol. The maximum Gasteiger partial charge on any atom is 0.275 e. The van der Waals surface area contributed by atoms with E-state index >= 15 is 0 Å². The maximum absolute atomic E-state index is 13.0. The molecule has 0 spiro atoms. The number of amides is 1. The number of carbonyl (C=O) groups is 1. The summed E-state index contributed by atoms with van der Waals surface area (Å²) in [4.78, 5) is 26.8. The molecule has 0 aliphatic rings. The largest absolute Gasteiger partial charge is 0.348 e. The van der Waals surface area contributed by atoms with Crippen molar-refractivity contribution in [3.63, 3.8) is 0 Å². The number of aryl methyl sites for hydroxylation is 1. The van der Waals surface area contributed by atoms with E-state index in [9.17, 15) is 9.59 Å². The van der Waals surface area contributed by atoms with Gasteiger partial charge >= 0.3 is 0 Å². The SMILES string of the molecule is CCC[C@H](NC(=O)CCCn1c(=O)c2cccn2c2ccc(Br)cc21)c1cccs1. The third-order valence-corrected chi connectivity index (χ3v) is 6.76. The van der Waals surface area contributed by atoms with E-state index in [1.807, 2.05) is 52.4 Å². The minimum absolute atomic E-state index is 0.0316. The molecule has 1 aromatic carbocycles. The molecule has 1 atom stereocenters. The maximum atomic E-state index is 13.0. The van der Waals surface area contributed by atoms with Crippen molar-refractivity contribution >= 4 is 49.7 Å². The highest BCUT2D eigenvalue weighted by molar-refractivity contribution is 9.10. The first-order valence-electron chi connectivity index (χ1n) is 10.2. The van der Waals surface area contributed by atoms with Crippen LogP contribution in [-0.2, 0) is 11.3 Å². The van der Waals surface area contributed by atoms with E-state index in [-0.39, 0.29) is 17.5 Å². The van der Waals surface area contributed by atoms with E-state index in [1.165, 1.54) is 4.88 Å². The predicted octanol–water partition coefficient (Wildman–Crippen LogP) is 5.52. The lowest BCUT2D eigenvalue weighted by Crippen LogP contribution is -2.28. The Morgan fingerprint density at radius 1 is 1.17 bits per heavy atom. The summed E-state index contributed by atoms with van der Waals surface area (Å²) in [6.07, 6.45) is 4.84. The Balaban J connectivity index is 1.50. The fourth-order valence-corrected chi connectivity index (χ4v) is 5.04. The number of rotatable bonds is 8. The Morgan fingerprint density at radius 3 is 2.80 bits per heavy atom. The fourth-order valence-electron chi connectivity index (χ4n) is 3.88. The van der Waals surface area contributed by atoms with Gasteiger partial charge in [0.05, 0.1) is 17.1 Å². The Kier molecular flexibility index (Phi) is 6.39. The zero-order valence-electron chi connectivity index (χ0n) is 16.8. The topological polar surface area (TPSA) is 55.5 Å². The summed E-state index contributed by atoms with van der Waals surface area (Å²) < 4.78 is 4.63. The van der Waals surface area contributed by atoms with Gasteiger partial charge in [-0.2, -0.15) is 0 Å². The van der Waals surface area contributed by atoms with Crippen molar-refractivity contribution in [1.82, 2.24) is 14.3 Å². The summed E-state index contributed by atoms with van der Waals surface area (Å²) >= 11 is 5.18. The summed E-state index contributed by atoms with van der Waals surface area (Å²) in [6.45, 7) is 2.62. The highest BCUT2D eigenvalue weighted by Crippen LogP contribution is 2.24. The molecule has 0 aliphatic carbocycles. The molecule has 1 N–H and O–H groups in total. The molecule has 1 amide bonds. The summed E-state index contributed by atoms with van der Waals surface area (Å²) in [5.74, 6) is 0.0316. The number of hydrogen-bond donors (Lipinski definition) is 1. The molecule has 5 nitrogen and oxygen atoms in total. The Hall–Kier alpha value is -2.38. The van der Waals surface area contributed by atoms with Gasteiger partial charge < -0.3 is 14.3 Å². The van der Waals surface area contributed by atoms with Crippen molar-refractivity contribution in [3.8, 4) is 0 Å². The van der Waals surface area contributed by atoms with Crippen LogP contribution < -0.4 is 10.9 Å². The van der Waals surface area contributed by atoms with Gasteiger partial charge in [0.15, 0.2) is 0 Å². The number of hydrogen-bond acceptors (Lipinski definition) is 3. The molecule has 7 heteroatoms. The zero-order chi connectivity index (χ0) is 21.1. The van der Waals surface area contributed by atoms with Crippen molar-refractivity contribution < 1.29 is 4.79 Å². The molecule has 156 valence electrons. The van der Waals surface area contributed by atoms with Crippen LogP contribution in [0.15, 0.2) is 63.3 Å². The first kappa shape index (κ1) is 20.9. The Bertz CT molecular complexity index is 1230. The second kappa shape index (κ2) is 9.18. The van der Waals surface area contributed by atoms with Gasteiger partial charge in [0, 0.05) is 28.5 Å². The highest BCUT2D eigenvalue weighted by Gasteiger charge is 2.15. The van der Waals surface area contributed by atoms with Crippen molar-refractivity contribution in [2.45, 2.75) is 45.2 Å². The summed E-state index contributed by atoms with van der Waals surface area (Å²) in [7, 11) is 0. The molecule has 30 heavy (non-hydrogen) atoms. The molecular formula is C23H24BrN3O2S. The van der Waals surface area contributed by atoms with E-state index in [2.05, 4.69) is 34.2 Å². The van der Waals surface area contributed by atoms with Gasteiger partial charge in [0.2, 0.25) is 5.91 Å². The molecule has 0 aliphatic heterocycles. The number of nitrogens with zero attached hydrogens (tertiary/aromatic N) is 2. The van der Waals surface area contributed by atoms with Crippen LogP contribution in [0.25, 0.3) is 16.6 Å². The first-order chi connectivity index (χ1) is 14.6. The van der Waals surface area contributed by atoms with Crippen LogP contribution >= 0.6 is 27.3 Å². The fraction of sp³-hybridized carbons (Fsp3) is 0.304. The van der Waals surface area contributed by atoms with Gasteiger partial charge in [-0.15, -0.1) is 11.3 Å². The van der Waals surface area contributed by atoms with E-state index in [0.29, 0.717) is 24.9 Å². The quantitative estimate of drug-likeness (QED) is 0.357. The van der Waals surface area contributed by atoms with Crippen molar-refractivity contribution in [2.75, 3.05) is 0 Å². The smallest absolute Gasteiger partial charge is 0.275 e. The van der Waals surface area contributed by atoms with Crippen molar-refractivity contribution in [3.05, 3.63) is 73.7 Å². The number of nitrogens with one attached hydrogen (secondary N) is 1. The average molecular weight is 486 g/mol. The van der Waals surface area contributed by atoms with E-state index in [1.54, 1.807) is 15.9 Å². The molecule has 0 bridgehead atoms. The number of benzene rings is 1. The van der Waals surface area contributed by atoms with Gasteiger partial charge in [-0.3, -0.25) is 9.59 Å². The van der Waals surface area contributed by atoms with Crippen LogP contribution in [0.2, 0.25) is 0 Å². The Labute approximate surface area is 187 Å². The van der Waals surface area contributed by atoms with Crippen LogP contribution in [0.3, 0.4) is 0 Å². The lowest BCUT2D eigenvalue weighted by molar-refractivity contribution is -0.122. The number of fused-ring (bicyclic) bond motifs is 3. The normalized spacial score (nSPS) is 12.5. The molecule has 0 radical (unpaired) electrons. The molecule has 3 aromatic heterocycles. The molecule has 4 aromatic rings. The second-order valence-corrected chi connectivity index (χ2v) is 9.28. The standard InChI is InChI=1S/C23H24BrN3O2S/c1-2-6-17(21-8-5-14-30-21)25-22(28)9-4-13-27-20-15-16(24)10-11-18(20)26-12-3-7-19(26)23(27)29/h3,5,7-8,10-12,14-15,17H,2,4,6,9,13H2,1H3,(H,25,28)/t17-/m0/s1. The van der Waals surface area contributed by atoms with Crippen molar-refractivity contribution in [2.24, 2.45) is 0 Å². The van der Waals surface area contributed by atoms with Crippen molar-refractivity contribution in [1.29, 1.82) is 0 Å². The lowest BCUT2D eigenvalue weighted by Gasteiger charge is -2.17. The molecule has 3 heterocycles. The van der Waals surface area contributed by atoms with Crippen LogP contribution in [0.5, 0.6) is 0 Å². The third-order valence-electron chi connectivity index (χ3n) is 5.29. The first-order valence-corrected chi connectivity index (χ1v) is 11.9. The van der Waals surface area contributed by atoms with Gasteiger partial charge in [0.25, 0.3) is 5.56 Å². The Morgan fingerprint density at radius 2 is 2.03 bits per heavy atom. The minimum atomic E-state index is -0.0338. The van der Waals surface area contributed by atoms with E-state index in [0.717, 1.165) is 28.3 Å². The number of thiophene rings is 1. The monoisotopic (exact) mass is 485 g/mol. The lowest BCUT2D eigenvalue weighted by atomic mass is 10.1. The zero-order valence-corrected chi connectivity index (χ0v) is 19.2. The number of halogens is 1. The van der Waals surface area contributed by atoms with E-state index < -0.39 is 0 Å². The van der Waals surface area contributed by atoms with Crippen LogP contribution in [0.1, 0.15) is 43.5 Å². The van der Waals surface area contributed by atoms with Gasteiger partial charge in [-0.25, -0.2) is 0 Å². The summed E-state index contributed by atoms with van der Waals surface area (Å²) in [6, 6.07) is 13.8. The molecule has 0 saturated carbocycles. The highest BCUT2D eigenvalue weighted by atomic mass is 79.9. The molecule has 0 fully saturated rings. The van der Waals surface area contributed by atoms with Gasteiger partial charge in [-0.05, 0) is 54.6 Å². The average Bonchev–Trinajstić information content (AvgIpc) is 3.42. The minimum Gasteiger partial charge on any atom is -0.348 e. The third kappa shape index (κ3) is 4.23. The second-order valence-electron chi connectivity index (χ2n) is 7.38. The number of aromatic nitrogens is 2. The molecular weight excluding hydrogens is 462 g/mol. The van der Waals surface area contributed by atoms with Crippen LogP contribution in [0, 0.1) is 0 Å². The van der Waals surface area contributed by atoms with Gasteiger partial charge in [0.1, 0.15) is 5.52 Å². The number of carbonyl (C=O) groups excluding carboxylic acids is 1. The molecule has 4 rings (SSSR count). The van der Waals surface area contributed by atoms with Crippen LogP contribution in [-0.4, -0.2) is 14.9 Å². The summed E-state index contributed by atoms with van der Waals surface area (Å²) in [5, 5.41) is 5.20. The van der Waals surface area contributed by atoms with E-state index in [4.69, 9.17) is 0 Å². The van der Waals surface area contributed by atoms with Crippen LogP contribution in [0.4, 0.5) is 0 Å². The molecule has 0 saturated heterocycles. The molecule has 0 unspecified atom stereocenters.